The average Bonchev–Trinajstić information content (AvgIpc) is 3.24. The van der Waals surface area contributed by atoms with Crippen LogP contribution in [-0.4, -0.2) is 25.0 Å². The Labute approximate surface area is 161 Å². The van der Waals surface area contributed by atoms with Crippen LogP contribution in [0.15, 0.2) is 40.2 Å². The average molecular weight is 382 g/mol. The molecule has 27 heavy (non-hydrogen) atoms. The minimum atomic E-state index is -0.191. The third kappa shape index (κ3) is 3.38. The molecular formula is C20H18N2O4S. The number of amides is 1. The number of carbonyl (C=O) groups is 1. The van der Waals surface area contributed by atoms with Gasteiger partial charge in [0.2, 0.25) is 6.79 Å². The number of aryl methyl sites for hydroxylation is 1. The summed E-state index contributed by atoms with van der Waals surface area (Å²) < 4.78 is 16.2. The Hall–Kier alpha value is -2.93. The van der Waals surface area contributed by atoms with Gasteiger partial charge >= 0.3 is 0 Å². The van der Waals surface area contributed by atoms with Gasteiger partial charge in [0, 0.05) is 11.6 Å². The van der Waals surface area contributed by atoms with E-state index in [1.807, 2.05) is 38.1 Å². The molecular weight excluding hydrogens is 364 g/mol. The predicted molar refractivity (Wildman–Crippen MR) is 106 cm³/mol. The minimum absolute atomic E-state index is 0.181. The highest BCUT2D eigenvalue weighted by Gasteiger charge is 2.25. The summed E-state index contributed by atoms with van der Waals surface area (Å²) in [6, 6.07) is 9.50. The zero-order chi connectivity index (χ0) is 19.0. The summed E-state index contributed by atoms with van der Waals surface area (Å²) in [5, 5.41) is 3.37. The van der Waals surface area contributed by atoms with E-state index in [-0.39, 0.29) is 12.7 Å². The molecule has 138 valence electrons. The molecule has 4 rings (SSSR count). The molecule has 6 nitrogen and oxygen atoms in total. The molecule has 0 bridgehead atoms. The van der Waals surface area contributed by atoms with Crippen LogP contribution in [0.5, 0.6) is 17.2 Å². The van der Waals surface area contributed by atoms with Crippen molar-refractivity contribution in [3.63, 3.8) is 0 Å². The predicted octanol–water partition coefficient (Wildman–Crippen LogP) is 3.93. The summed E-state index contributed by atoms with van der Waals surface area (Å²) in [4.78, 5) is 17.5. The Bertz CT molecular complexity index is 998. The van der Waals surface area contributed by atoms with Crippen LogP contribution in [-0.2, 0) is 4.79 Å². The number of amidine groups is 1. The van der Waals surface area contributed by atoms with Gasteiger partial charge in [-0.15, -0.1) is 0 Å². The molecule has 2 heterocycles. The highest BCUT2D eigenvalue weighted by molar-refractivity contribution is 8.18. The van der Waals surface area contributed by atoms with Crippen LogP contribution in [0.3, 0.4) is 0 Å². The fourth-order valence-electron chi connectivity index (χ4n) is 2.82. The molecule has 0 unspecified atom stereocenters. The Balaban J connectivity index is 1.65. The lowest BCUT2D eigenvalue weighted by atomic mass is 10.1. The highest BCUT2D eigenvalue weighted by Crippen LogP contribution is 2.40. The van der Waals surface area contributed by atoms with Crippen molar-refractivity contribution in [2.24, 2.45) is 4.99 Å². The summed E-state index contributed by atoms with van der Waals surface area (Å²) in [6.07, 6.45) is 1.77. The van der Waals surface area contributed by atoms with Crippen molar-refractivity contribution >= 4 is 34.6 Å². The number of rotatable bonds is 3. The van der Waals surface area contributed by atoms with Gasteiger partial charge in [0.05, 0.1) is 17.7 Å². The summed E-state index contributed by atoms with van der Waals surface area (Å²) in [7, 11) is 1.58. The smallest absolute Gasteiger partial charge is 0.264 e. The van der Waals surface area contributed by atoms with Gasteiger partial charge in [0.15, 0.2) is 16.7 Å². The molecule has 1 saturated heterocycles. The summed E-state index contributed by atoms with van der Waals surface area (Å²) >= 11 is 1.30. The zero-order valence-electron chi connectivity index (χ0n) is 15.2. The second-order valence-corrected chi connectivity index (χ2v) is 7.18. The van der Waals surface area contributed by atoms with Crippen LogP contribution >= 0.6 is 11.8 Å². The third-order valence-electron chi connectivity index (χ3n) is 4.46. The van der Waals surface area contributed by atoms with Crippen LogP contribution in [0.4, 0.5) is 5.69 Å². The number of methoxy groups -OCH3 is 1. The Morgan fingerprint density at radius 3 is 2.78 bits per heavy atom. The van der Waals surface area contributed by atoms with Crippen LogP contribution in [0.2, 0.25) is 0 Å². The maximum Gasteiger partial charge on any atom is 0.264 e. The monoisotopic (exact) mass is 382 g/mol. The zero-order valence-corrected chi connectivity index (χ0v) is 16.0. The quantitative estimate of drug-likeness (QED) is 0.815. The van der Waals surface area contributed by atoms with Crippen LogP contribution in [0.1, 0.15) is 16.7 Å². The third-order valence-corrected chi connectivity index (χ3v) is 5.37. The van der Waals surface area contributed by atoms with Gasteiger partial charge in [-0.3, -0.25) is 4.79 Å². The number of ether oxygens (including phenoxy) is 3. The second-order valence-electron chi connectivity index (χ2n) is 6.15. The molecule has 2 aromatic carbocycles. The number of aliphatic imine (C=N–C) groups is 1. The molecule has 1 amide bonds. The lowest BCUT2D eigenvalue weighted by molar-refractivity contribution is -0.115. The van der Waals surface area contributed by atoms with E-state index in [0.717, 1.165) is 22.4 Å². The maximum absolute atomic E-state index is 12.4. The molecule has 1 N–H and O–H groups in total. The van der Waals surface area contributed by atoms with E-state index in [4.69, 9.17) is 14.2 Å². The van der Waals surface area contributed by atoms with Crippen molar-refractivity contribution < 1.29 is 19.0 Å². The van der Waals surface area contributed by atoms with E-state index in [9.17, 15) is 4.79 Å². The molecule has 0 atom stereocenters. The molecule has 0 saturated carbocycles. The van der Waals surface area contributed by atoms with E-state index in [2.05, 4.69) is 10.3 Å². The Morgan fingerprint density at radius 1 is 1.22 bits per heavy atom. The van der Waals surface area contributed by atoms with Gasteiger partial charge in [0.25, 0.3) is 5.91 Å². The second kappa shape index (κ2) is 7.00. The Morgan fingerprint density at radius 2 is 2.00 bits per heavy atom. The fraction of sp³-hybridized carbons (Fsp3) is 0.200. The highest BCUT2D eigenvalue weighted by atomic mass is 32.2. The number of hydrogen-bond donors (Lipinski definition) is 1. The van der Waals surface area contributed by atoms with Crippen LogP contribution in [0.25, 0.3) is 6.08 Å². The molecule has 2 aliphatic rings. The molecule has 0 aromatic heterocycles. The van der Waals surface area contributed by atoms with E-state index in [1.54, 1.807) is 19.3 Å². The van der Waals surface area contributed by atoms with Crippen LogP contribution < -0.4 is 19.5 Å². The summed E-state index contributed by atoms with van der Waals surface area (Å²) in [6.45, 7) is 4.24. The number of hydrogen-bond acceptors (Lipinski definition) is 6. The number of benzene rings is 2. The first-order valence-corrected chi connectivity index (χ1v) is 9.20. The summed E-state index contributed by atoms with van der Waals surface area (Å²) in [5.41, 5.74) is 3.84. The lowest BCUT2D eigenvalue weighted by Crippen LogP contribution is -2.19. The van der Waals surface area contributed by atoms with Crippen molar-refractivity contribution in [2.45, 2.75) is 13.8 Å². The van der Waals surface area contributed by atoms with E-state index < -0.39 is 0 Å². The fourth-order valence-corrected chi connectivity index (χ4v) is 3.64. The van der Waals surface area contributed by atoms with Gasteiger partial charge < -0.3 is 19.5 Å². The number of thioether (sulfide) groups is 1. The first-order chi connectivity index (χ1) is 13.0. The molecule has 0 radical (unpaired) electrons. The van der Waals surface area contributed by atoms with Crippen molar-refractivity contribution in [1.82, 2.24) is 5.32 Å². The van der Waals surface area contributed by atoms with Crippen molar-refractivity contribution in [3.05, 3.63) is 51.9 Å². The van der Waals surface area contributed by atoms with Gasteiger partial charge in [-0.2, -0.15) is 0 Å². The van der Waals surface area contributed by atoms with Gasteiger partial charge in [-0.1, -0.05) is 12.1 Å². The molecule has 1 fully saturated rings. The van der Waals surface area contributed by atoms with E-state index in [0.29, 0.717) is 27.3 Å². The summed E-state index contributed by atoms with van der Waals surface area (Å²) in [5.74, 6) is 1.69. The number of nitrogens with zero attached hydrogens (tertiary/aromatic N) is 1. The number of nitrogens with one attached hydrogen (secondary N) is 1. The first-order valence-electron chi connectivity index (χ1n) is 8.38. The molecule has 7 heteroatoms. The van der Waals surface area contributed by atoms with Crippen LogP contribution in [0, 0.1) is 13.8 Å². The van der Waals surface area contributed by atoms with E-state index in [1.165, 1.54) is 11.8 Å². The molecule has 2 aromatic rings. The van der Waals surface area contributed by atoms with Crippen molar-refractivity contribution in [1.29, 1.82) is 0 Å². The van der Waals surface area contributed by atoms with E-state index >= 15 is 0 Å². The molecule has 2 aliphatic heterocycles. The lowest BCUT2D eigenvalue weighted by Gasteiger charge is -2.06. The minimum Gasteiger partial charge on any atom is -0.496 e. The van der Waals surface area contributed by atoms with Gasteiger partial charge in [0.1, 0.15) is 5.75 Å². The molecule has 0 spiro atoms. The first kappa shape index (κ1) is 17.5. The number of fused-ring (bicyclic) bond motifs is 1. The normalized spacial score (nSPS) is 18.3. The number of carbonyl (C=O) groups excluding carboxylic acids is 1. The van der Waals surface area contributed by atoms with Crippen molar-refractivity contribution in [3.8, 4) is 17.2 Å². The largest absolute Gasteiger partial charge is 0.496 e. The molecule has 0 aliphatic carbocycles. The Kier molecular flexibility index (Phi) is 4.53. The SMILES string of the molecule is COc1cc2c(cc1/C=C1/SC(=Nc3cccc(C)c3C)NC1=O)OCO2. The standard InChI is InChI=1S/C20H18N2O4S/c1-11-5-4-6-14(12(11)2)21-20-22-19(23)18(27-20)8-13-7-16-17(26-10-25-16)9-15(13)24-3/h4-9H,10H2,1-3H3,(H,21,22,23)/b18-8+. The topological polar surface area (TPSA) is 69.2 Å². The van der Waals surface area contributed by atoms with Gasteiger partial charge in [-0.05, 0) is 54.9 Å². The van der Waals surface area contributed by atoms with Gasteiger partial charge in [-0.25, -0.2) is 4.99 Å². The van der Waals surface area contributed by atoms with Crippen molar-refractivity contribution in [2.75, 3.05) is 13.9 Å². The maximum atomic E-state index is 12.4.